The van der Waals surface area contributed by atoms with Crippen LogP contribution in [-0.4, -0.2) is 9.38 Å². The van der Waals surface area contributed by atoms with Crippen LogP contribution >= 0.6 is 0 Å². The molecule has 0 saturated carbocycles. The van der Waals surface area contributed by atoms with Gasteiger partial charge in [0.2, 0.25) is 0 Å². The molecule has 0 aliphatic carbocycles. The molecule has 0 spiro atoms. The van der Waals surface area contributed by atoms with E-state index >= 15 is 0 Å². The minimum Gasteiger partial charge on any atom is -0.338 e. The van der Waals surface area contributed by atoms with Crippen LogP contribution in [0.15, 0.2) is 91.1 Å². The van der Waals surface area contributed by atoms with E-state index in [0.29, 0.717) is 0 Å². The molecule has 5 aromatic rings. The highest BCUT2D eigenvalue weighted by atomic mass is 15.1. The third-order valence-corrected chi connectivity index (χ3v) is 4.88. The maximum absolute atomic E-state index is 4.99. The maximum Gasteiger partial charge on any atom is 0.157 e. The molecule has 0 fully saturated rings. The van der Waals surface area contributed by atoms with E-state index < -0.39 is 0 Å². The summed E-state index contributed by atoms with van der Waals surface area (Å²) < 4.78 is 2.17. The fourth-order valence-electron chi connectivity index (χ4n) is 3.50. The predicted octanol–water partition coefficient (Wildman–Crippen LogP) is 6.21. The second-order valence-corrected chi connectivity index (χ2v) is 6.76. The number of pyridine rings is 1. The molecule has 0 saturated heterocycles. The Morgan fingerprint density at radius 1 is 0.778 bits per heavy atom. The Morgan fingerprint density at radius 3 is 2.33 bits per heavy atom. The molecule has 0 bridgehead atoms. The van der Waals surface area contributed by atoms with Crippen molar-refractivity contribution in [3.05, 3.63) is 96.7 Å². The summed E-state index contributed by atoms with van der Waals surface area (Å²) in [7, 11) is 0. The van der Waals surface area contributed by atoms with Crippen LogP contribution in [0.25, 0.3) is 27.7 Å². The number of hydrogen-bond donors (Lipinski definition) is 1. The second-order valence-electron chi connectivity index (χ2n) is 6.76. The minimum absolute atomic E-state index is 0.862. The van der Waals surface area contributed by atoms with E-state index in [1.807, 2.05) is 6.07 Å². The number of aromatic nitrogens is 2. The van der Waals surface area contributed by atoms with Crippen molar-refractivity contribution in [1.82, 2.24) is 9.38 Å². The second kappa shape index (κ2) is 6.29. The lowest BCUT2D eigenvalue weighted by atomic mass is 10.1. The normalized spacial score (nSPS) is 11.1. The Hall–Kier alpha value is -3.59. The van der Waals surface area contributed by atoms with Crippen LogP contribution in [0.4, 0.5) is 11.5 Å². The number of rotatable bonds is 3. The molecular formula is C24H19N3. The van der Waals surface area contributed by atoms with E-state index in [2.05, 4.69) is 102 Å². The van der Waals surface area contributed by atoms with E-state index in [0.717, 1.165) is 33.8 Å². The summed E-state index contributed by atoms with van der Waals surface area (Å²) in [6, 6.07) is 29.3. The molecule has 1 N–H and O–H groups in total. The molecule has 2 aromatic heterocycles. The first kappa shape index (κ1) is 15.6. The highest BCUT2D eigenvalue weighted by molar-refractivity contribution is 5.97. The molecule has 0 unspecified atom stereocenters. The lowest BCUT2D eigenvalue weighted by Gasteiger charge is -2.08. The number of aryl methyl sites for hydroxylation is 1. The highest BCUT2D eigenvalue weighted by Crippen LogP contribution is 2.33. The predicted molar refractivity (Wildman–Crippen MR) is 113 cm³/mol. The molecule has 27 heavy (non-hydrogen) atoms. The SMILES string of the molecule is Cc1ccc(Nc2nc3c4ccccc4ccn3c2-c2ccccc2)cc1. The Morgan fingerprint density at radius 2 is 1.52 bits per heavy atom. The third-order valence-electron chi connectivity index (χ3n) is 4.88. The Bertz CT molecular complexity index is 1240. The summed E-state index contributed by atoms with van der Waals surface area (Å²) in [4.78, 5) is 4.99. The standard InChI is InChI=1S/C24H19N3/c1-17-11-13-20(14-12-17)25-23-22(19-8-3-2-4-9-19)27-16-15-18-7-5-6-10-21(18)24(27)26-23/h2-16,25H,1H3. The van der Waals surface area contributed by atoms with E-state index in [-0.39, 0.29) is 0 Å². The van der Waals surface area contributed by atoms with Crippen molar-refractivity contribution in [1.29, 1.82) is 0 Å². The highest BCUT2D eigenvalue weighted by Gasteiger charge is 2.16. The summed E-state index contributed by atoms with van der Waals surface area (Å²) in [5.74, 6) is 0.862. The summed E-state index contributed by atoms with van der Waals surface area (Å²) in [5, 5.41) is 5.86. The van der Waals surface area contributed by atoms with Gasteiger partial charge in [0.15, 0.2) is 5.82 Å². The molecule has 5 rings (SSSR count). The van der Waals surface area contributed by atoms with Crippen LogP contribution in [0.5, 0.6) is 0 Å². The molecule has 0 aliphatic rings. The first-order valence-corrected chi connectivity index (χ1v) is 9.08. The lowest BCUT2D eigenvalue weighted by molar-refractivity contribution is 1.21. The molecule has 130 valence electrons. The molecule has 0 radical (unpaired) electrons. The summed E-state index contributed by atoms with van der Waals surface area (Å²) in [6.45, 7) is 2.09. The third kappa shape index (κ3) is 2.74. The van der Waals surface area contributed by atoms with Gasteiger partial charge in [0, 0.05) is 22.8 Å². The van der Waals surface area contributed by atoms with E-state index in [1.54, 1.807) is 0 Å². The number of anilines is 2. The number of imidazole rings is 1. The molecule has 0 amide bonds. The van der Waals surface area contributed by atoms with Crippen LogP contribution in [0.1, 0.15) is 5.56 Å². The monoisotopic (exact) mass is 349 g/mol. The van der Waals surface area contributed by atoms with Crippen molar-refractivity contribution in [3.8, 4) is 11.3 Å². The average Bonchev–Trinajstić information content (AvgIpc) is 3.09. The number of hydrogen-bond acceptors (Lipinski definition) is 2. The maximum atomic E-state index is 4.99. The Labute approximate surface area is 157 Å². The van der Waals surface area contributed by atoms with Gasteiger partial charge in [-0.3, -0.25) is 4.40 Å². The van der Waals surface area contributed by atoms with Crippen LogP contribution in [0.2, 0.25) is 0 Å². The van der Waals surface area contributed by atoms with Crippen molar-refractivity contribution in [2.45, 2.75) is 6.92 Å². The van der Waals surface area contributed by atoms with Crippen molar-refractivity contribution in [2.24, 2.45) is 0 Å². The quantitative estimate of drug-likeness (QED) is 0.420. The molecule has 0 aliphatic heterocycles. The molecule has 0 atom stereocenters. The van der Waals surface area contributed by atoms with Crippen molar-refractivity contribution in [2.75, 3.05) is 5.32 Å². The van der Waals surface area contributed by atoms with Crippen LogP contribution in [0, 0.1) is 6.92 Å². The minimum atomic E-state index is 0.862. The average molecular weight is 349 g/mol. The first-order chi connectivity index (χ1) is 13.3. The van der Waals surface area contributed by atoms with E-state index in [9.17, 15) is 0 Å². The van der Waals surface area contributed by atoms with Crippen LogP contribution < -0.4 is 5.32 Å². The molecule has 3 nitrogen and oxygen atoms in total. The smallest absolute Gasteiger partial charge is 0.157 e. The first-order valence-electron chi connectivity index (χ1n) is 9.08. The van der Waals surface area contributed by atoms with Gasteiger partial charge in [-0.05, 0) is 30.5 Å². The Balaban J connectivity index is 1.77. The van der Waals surface area contributed by atoms with Crippen LogP contribution in [-0.2, 0) is 0 Å². The van der Waals surface area contributed by atoms with E-state index in [1.165, 1.54) is 10.9 Å². The van der Waals surface area contributed by atoms with Gasteiger partial charge >= 0.3 is 0 Å². The number of fused-ring (bicyclic) bond motifs is 3. The van der Waals surface area contributed by atoms with Gasteiger partial charge in [0.25, 0.3) is 0 Å². The number of benzene rings is 3. The molecule has 3 aromatic carbocycles. The zero-order chi connectivity index (χ0) is 18.2. The van der Waals surface area contributed by atoms with Crippen LogP contribution in [0.3, 0.4) is 0 Å². The van der Waals surface area contributed by atoms with Crippen molar-refractivity contribution >= 4 is 27.9 Å². The summed E-state index contributed by atoms with van der Waals surface area (Å²) >= 11 is 0. The summed E-state index contributed by atoms with van der Waals surface area (Å²) in [6.07, 6.45) is 2.10. The van der Waals surface area contributed by atoms with Gasteiger partial charge in [-0.25, -0.2) is 4.98 Å². The van der Waals surface area contributed by atoms with Gasteiger partial charge in [-0.1, -0.05) is 72.3 Å². The van der Waals surface area contributed by atoms with Gasteiger partial charge in [-0.2, -0.15) is 0 Å². The fraction of sp³-hybridized carbons (Fsp3) is 0.0417. The van der Waals surface area contributed by atoms with Crippen molar-refractivity contribution in [3.63, 3.8) is 0 Å². The topological polar surface area (TPSA) is 29.3 Å². The molecule has 3 heteroatoms. The van der Waals surface area contributed by atoms with Gasteiger partial charge in [0.05, 0.1) is 5.69 Å². The molecule has 2 heterocycles. The van der Waals surface area contributed by atoms with Gasteiger partial charge in [-0.15, -0.1) is 0 Å². The number of nitrogens with zero attached hydrogens (tertiary/aromatic N) is 2. The zero-order valence-corrected chi connectivity index (χ0v) is 15.1. The number of nitrogens with one attached hydrogen (secondary N) is 1. The largest absolute Gasteiger partial charge is 0.338 e. The zero-order valence-electron chi connectivity index (χ0n) is 15.1. The molecular weight excluding hydrogens is 330 g/mol. The fourth-order valence-corrected chi connectivity index (χ4v) is 3.50. The van der Waals surface area contributed by atoms with Gasteiger partial charge in [0.1, 0.15) is 5.65 Å². The van der Waals surface area contributed by atoms with Gasteiger partial charge < -0.3 is 5.32 Å². The van der Waals surface area contributed by atoms with Crippen molar-refractivity contribution < 1.29 is 0 Å². The van der Waals surface area contributed by atoms with E-state index in [4.69, 9.17) is 4.98 Å². The summed E-state index contributed by atoms with van der Waals surface area (Å²) in [5.41, 5.74) is 5.43. The Kier molecular flexibility index (Phi) is 3.65. The lowest BCUT2D eigenvalue weighted by Crippen LogP contribution is -1.94.